The van der Waals surface area contributed by atoms with Crippen LogP contribution in [0.25, 0.3) is 0 Å². The molecule has 0 unspecified atom stereocenters. The minimum atomic E-state index is -4.50. The van der Waals surface area contributed by atoms with Crippen molar-refractivity contribution < 1.29 is 32.2 Å². The van der Waals surface area contributed by atoms with Crippen molar-refractivity contribution in [1.82, 2.24) is 5.32 Å². The van der Waals surface area contributed by atoms with E-state index in [-0.39, 0.29) is 30.9 Å². The van der Waals surface area contributed by atoms with E-state index in [4.69, 9.17) is 9.47 Å². The molecule has 0 saturated carbocycles. The van der Waals surface area contributed by atoms with Gasteiger partial charge in [0.05, 0.1) is 23.0 Å². The molecule has 30 heavy (non-hydrogen) atoms. The summed E-state index contributed by atoms with van der Waals surface area (Å²) in [5, 5.41) is 7.81. The van der Waals surface area contributed by atoms with Gasteiger partial charge in [-0.15, -0.1) is 0 Å². The average molecular weight is 423 g/mol. The summed E-state index contributed by atoms with van der Waals surface area (Å²) in [4.78, 5) is 23.7. The van der Waals surface area contributed by atoms with Gasteiger partial charge < -0.3 is 25.4 Å². The largest absolute Gasteiger partial charge is 0.491 e. The fourth-order valence-electron chi connectivity index (χ4n) is 2.80. The number of hydrogen-bond donors (Lipinski definition) is 3. The minimum Gasteiger partial charge on any atom is -0.491 e. The Bertz CT molecular complexity index is 961. The predicted octanol–water partition coefficient (Wildman–Crippen LogP) is 4.15. The van der Waals surface area contributed by atoms with Gasteiger partial charge in [0.15, 0.2) is 12.4 Å². The molecule has 2 aromatic carbocycles. The number of alkyl halides is 3. The number of amides is 3. The van der Waals surface area contributed by atoms with Crippen molar-refractivity contribution in [2.45, 2.75) is 32.7 Å². The van der Waals surface area contributed by atoms with E-state index in [1.54, 1.807) is 32.0 Å². The molecule has 7 nitrogen and oxygen atoms in total. The number of benzene rings is 2. The third kappa shape index (κ3) is 5.13. The number of anilines is 2. The normalized spacial score (nSPS) is 13.2. The minimum absolute atomic E-state index is 0.0447. The van der Waals surface area contributed by atoms with Crippen LogP contribution in [0.1, 0.15) is 25.0 Å². The molecule has 0 fully saturated rings. The molecular formula is C20H20F3N3O4. The van der Waals surface area contributed by atoms with Crippen molar-refractivity contribution in [3.63, 3.8) is 0 Å². The zero-order valence-electron chi connectivity index (χ0n) is 16.2. The predicted molar refractivity (Wildman–Crippen MR) is 104 cm³/mol. The van der Waals surface area contributed by atoms with E-state index in [9.17, 15) is 22.8 Å². The topological polar surface area (TPSA) is 88.7 Å². The number of rotatable bonds is 5. The third-order valence-electron chi connectivity index (χ3n) is 4.08. The Morgan fingerprint density at radius 3 is 2.73 bits per heavy atom. The standard InChI is InChI=1S/C20H20F3N3O4/c1-11(2)30-16-8-13(20(21,22)23)7-6-12(16)9-24-19(28)26-15-5-3-4-14-18(15)29-10-17(27)25-14/h3-8,11H,9-10H2,1-2H3,(H,25,27)(H2,24,26,28). The summed E-state index contributed by atoms with van der Waals surface area (Å²) < 4.78 is 49.8. The lowest BCUT2D eigenvalue weighted by atomic mass is 10.1. The SMILES string of the molecule is CC(C)Oc1cc(C(F)(F)F)ccc1CNC(=O)Nc1cccc2c1OCC(=O)N2. The molecule has 0 spiro atoms. The van der Waals surface area contributed by atoms with Gasteiger partial charge in [-0.1, -0.05) is 12.1 Å². The Kier molecular flexibility index (Phi) is 6.04. The Labute approximate surface area is 170 Å². The van der Waals surface area contributed by atoms with Gasteiger partial charge in [0.1, 0.15) is 5.75 Å². The lowest BCUT2D eigenvalue weighted by molar-refractivity contribution is -0.137. The van der Waals surface area contributed by atoms with E-state index in [0.717, 1.165) is 12.1 Å². The number of halogens is 3. The first-order chi connectivity index (χ1) is 14.1. The third-order valence-corrected chi connectivity index (χ3v) is 4.08. The molecule has 0 radical (unpaired) electrons. The van der Waals surface area contributed by atoms with Crippen LogP contribution in [0.5, 0.6) is 11.5 Å². The number of urea groups is 1. The van der Waals surface area contributed by atoms with Crippen LogP contribution < -0.4 is 25.4 Å². The molecule has 0 saturated heterocycles. The molecule has 3 amide bonds. The van der Waals surface area contributed by atoms with Gasteiger partial charge in [0, 0.05) is 12.1 Å². The van der Waals surface area contributed by atoms with Gasteiger partial charge >= 0.3 is 12.2 Å². The summed E-state index contributed by atoms with van der Waals surface area (Å²) in [5.74, 6) is 0.0676. The van der Waals surface area contributed by atoms with Gasteiger partial charge in [-0.3, -0.25) is 4.79 Å². The van der Waals surface area contributed by atoms with Crippen LogP contribution in [-0.4, -0.2) is 24.6 Å². The first-order valence-corrected chi connectivity index (χ1v) is 9.11. The van der Waals surface area contributed by atoms with E-state index in [1.165, 1.54) is 6.07 Å². The number of fused-ring (bicyclic) bond motifs is 1. The monoisotopic (exact) mass is 423 g/mol. The molecule has 3 N–H and O–H groups in total. The summed E-state index contributed by atoms with van der Waals surface area (Å²) in [6, 6.07) is 7.39. The Balaban J connectivity index is 1.70. The molecule has 3 rings (SSSR count). The highest BCUT2D eigenvalue weighted by Crippen LogP contribution is 2.36. The van der Waals surface area contributed by atoms with Crippen molar-refractivity contribution >= 4 is 23.3 Å². The van der Waals surface area contributed by atoms with Crippen LogP contribution in [0.2, 0.25) is 0 Å². The summed E-state index contributed by atoms with van der Waals surface area (Å²) in [6.07, 6.45) is -4.84. The number of carbonyl (C=O) groups is 2. The van der Waals surface area contributed by atoms with Gasteiger partial charge in [0.2, 0.25) is 0 Å². The van der Waals surface area contributed by atoms with Gasteiger partial charge in [0.25, 0.3) is 5.91 Å². The zero-order chi connectivity index (χ0) is 21.9. The van der Waals surface area contributed by atoms with Crippen molar-refractivity contribution in [1.29, 1.82) is 0 Å². The summed E-state index contributed by atoms with van der Waals surface area (Å²) >= 11 is 0. The van der Waals surface area contributed by atoms with E-state index in [1.807, 2.05) is 0 Å². The maximum absolute atomic E-state index is 13.0. The number of ether oxygens (including phenoxy) is 2. The van der Waals surface area contributed by atoms with Crippen LogP contribution in [-0.2, 0) is 17.5 Å². The zero-order valence-corrected chi connectivity index (χ0v) is 16.2. The lowest BCUT2D eigenvalue weighted by Gasteiger charge is -2.21. The van der Waals surface area contributed by atoms with Crippen molar-refractivity contribution in [3.8, 4) is 11.5 Å². The molecule has 0 bridgehead atoms. The smallest absolute Gasteiger partial charge is 0.416 e. The van der Waals surface area contributed by atoms with Crippen LogP contribution in [0, 0.1) is 0 Å². The number of hydrogen-bond acceptors (Lipinski definition) is 4. The molecule has 0 aromatic heterocycles. The summed E-state index contributed by atoms with van der Waals surface area (Å²) in [5.41, 5.74) is 0.336. The van der Waals surface area contributed by atoms with Crippen molar-refractivity contribution in [3.05, 3.63) is 47.5 Å². The van der Waals surface area contributed by atoms with Crippen molar-refractivity contribution in [2.24, 2.45) is 0 Å². The molecule has 1 aliphatic heterocycles. The van der Waals surface area contributed by atoms with E-state index < -0.39 is 17.8 Å². The van der Waals surface area contributed by atoms with Crippen molar-refractivity contribution in [2.75, 3.05) is 17.2 Å². The summed E-state index contributed by atoms with van der Waals surface area (Å²) in [7, 11) is 0. The van der Waals surface area contributed by atoms with Crippen LogP contribution in [0.3, 0.4) is 0 Å². The highest BCUT2D eigenvalue weighted by atomic mass is 19.4. The first-order valence-electron chi connectivity index (χ1n) is 9.11. The molecule has 10 heteroatoms. The maximum atomic E-state index is 13.0. The van der Waals surface area contributed by atoms with E-state index >= 15 is 0 Å². The van der Waals surface area contributed by atoms with E-state index in [2.05, 4.69) is 16.0 Å². The van der Waals surface area contributed by atoms with Gasteiger partial charge in [-0.2, -0.15) is 13.2 Å². The fourth-order valence-corrected chi connectivity index (χ4v) is 2.80. The van der Waals surface area contributed by atoms with E-state index in [0.29, 0.717) is 22.7 Å². The molecule has 0 aliphatic carbocycles. The second-order valence-electron chi connectivity index (χ2n) is 6.81. The second-order valence-corrected chi connectivity index (χ2v) is 6.81. The highest BCUT2D eigenvalue weighted by Gasteiger charge is 2.31. The number of para-hydroxylation sites is 1. The van der Waals surface area contributed by atoms with Crippen LogP contribution in [0.4, 0.5) is 29.3 Å². The number of nitrogens with one attached hydrogen (secondary N) is 3. The second kappa shape index (κ2) is 8.52. The first kappa shape index (κ1) is 21.3. The molecule has 2 aromatic rings. The maximum Gasteiger partial charge on any atom is 0.416 e. The Morgan fingerprint density at radius 2 is 2.03 bits per heavy atom. The molecule has 1 aliphatic rings. The lowest BCUT2D eigenvalue weighted by Crippen LogP contribution is -2.30. The molecule has 0 atom stereocenters. The van der Waals surface area contributed by atoms with Gasteiger partial charge in [-0.05, 0) is 38.1 Å². The van der Waals surface area contributed by atoms with Crippen LogP contribution in [0.15, 0.2) is 36.4 Å². The van der Waals surface area contributed by atoms with Crippen LogP contribution >= 0.6 is 0 Å². The quantitative estimate of drug-likeness (QED) is 0.674. The van der Waals surface area contributed by atoms with Gasteiger partial charge in [-0.25, -0.2) is 4.79 Å². The summed E-state index contributed by atoms with van der Waals surface area (Å²) in [6.45, 7) is 3.16. The highest BCUT2D eigenvalue weighted by molar-refractivity contribution is 5.99. The molecule has 160 valence electrons. The number of carbonyl (C=O) groups excluding carboxylic acids is 2. The Hall–Kier alpha value is -3.43. The molecule has 1 heterocycles. The fraction of sp³-hybridized carbons (Fsp3) is 0.300. The average Bonchev–Trinajstić information content (AvgIpc) is 2.65. The molecular weight excluding hydrogens is 403 g/mol. The Morgan fingerprint density at radius 1 is 1.27 bits per heavy atom.